The molecule has 26 heavy (non-hydrogen) atoms. The Morgan fingerprint density at radius 3 is 2.58 bits per heavy atom. The standard InChI is InChI=1S/C19H21ClFNO4/c1-4-13(5-2)26-14-6-7-18(22-10-14)25-11-12-8-17(21)15(9-16(12)20)19(23)24-3/h6-10,13H,4-5,11H2,1-3H3. The van der Waals surface area contributed by atoms with Crippen molar-refractivity contribution in [2.24, 2.45) is 0 Å². The van der Waals surface area contributed by atoms with Gasteiger partial charge in [0.25, 0.3) is 0 Å². The van der Waals surface area contributed by atoms with Crippen molar-refractivity contribution in [1.82, 2.24) is 4.98 Å². The Morgan fingerprint density at radius 2 is 2.00 bits per heavy atom. The first-order valence-corrected chi connectivity index (χ1v) is 8.68. The Bertz CT molecular complexity index is 748. The second-order valence-corrected chi connectivity index (χ2v) is 6.00. The van der Waals surface area contributed by atoms with E-state index >= 15 is 0 Å². The minimum absolute atomic E-state index is 0.0109. The van der Waals surface area contributed by atoms with E-state index in [-0.39, 0.29) is 23.3 Å². The molecule has 5 nitrogen and oxygen atoms in total. The normalized spacial score (nSPS) is 10.7. The molecule has 140 valence electrons. The van der Waals surface area contributed by atoms with Crippen molar-refractivity contribution in [3.05, 3.63) is 52.4 Å². The highest BCUT2D eigenvalue weighted by atomic mass is 35.5. The van der Waals surface area contributed by atoms with E-state index in [0.717, 1.165) is 18.9 Å². The summed E-state index contributed by atoms with van der Waals surface area (Å²) in [6.45, 7) is 4.14. The minimum Gasteiger partial charge on any atom is -0.489 e. The average Bonchev–Trinajstić information content (AvgIpc) is 2.66. The summed E-state index contributed by atoms with van der Waals surface area (Å²) in [5, 5.41) is 0.209. The summed E-state index contributed by atoms with van der Waals surface area (Å²) in [4.78, 5) is 15.6. The third kappa shape index (κ3) is 5.08. The number of carbonyl (C=O) groups is 1. The molecular weight excluding hydrogens is 361 g/mol. The average molecular weight is 382 g/mol. The summed E-state index contributed by atoms with van der Waals surface area (Å²) in [5.74, 6) is -0.485. The van der Waals surface area contributed by atoms with Gasteiger partial charge in [0.05, 0.1) is 25.0 Å². The van der Waals surface area contributed by atoms with Crippen LogP contribution in [0.1, 0.15) is 42.6 Å². The highest BCUT2D eigenvalue weighted by Gasteiger charge is 2.16. The zero-order valence-electron chi connectivity index (χ0n) is 14.9. The summed E-state index contributed by atoms with van der Waals surface area (Å²) in [6.07, 6.45) is 3.57. The van der Waals surface area contributed by atoms with Gasteiger partial charge in [0.15, 0.2) is 0 Å². The molecule has 0 aliphatic heterocycles. The van der Waals surface area contributed by atoms with Gasteiger partial charge in [-0.1, -0.05) is 25.4 Å². The maximum Gasteiger partial charge on any atom is 0.340 e. The molecule has 2 aromatic rings. The molecule has 0 unspecified atom stereocenters. The third-order valence-corrected chi connectivity index (χ3v) is 4.19. The highest BCUT2D eigenvalue weighted by Crippen LogP contribution is 2.24. The van der Waals surface area contributed by atoms with Crippen LogP contribution in [0.5, 0.6) is 11.6 Å². The highest BCUT2D eigenvalue weighted by molar-refractivity contribution is 6.31. The van der Waals surface area contributed by atoms with Crippen molar-refractivity contribution < 1.29 is 23.4 Å². The van der Waals surface area contributed by atoms with Crippen LogP contribution in [0.15, 0.2) is 30.5 Å². The van der Waals surface area contributed by atoms with Crippen LogP contribution in [0.3, 0.4) is 0 Å². The van der Waals surface area contributed by atoms with E-state index in [1.165, 1.54) is 13.2 Å². The van der Waals surface area contributed by atoms with E-state index in [1.807, 2.05) is 0 Å². The summed E-state index contributed by atoms with van der Waals surface area (Å²) in [6, 6.07) is 5.81. The molecule has 0 saturated heterocycles. The fourth-order valence-electron chi connectivity index (χ4n) is 2.29. The van der Waals surface area contributed by atoms with E-state index in [4.69, 9.17) is 21.1 Å². The summed E-state index contributed by atoms with van der Waals surface area (Å²) >= 11 is 6.09. The quantitative estimate of drug-likeness (QED) is 0.614. The number of methoxy groups -OCH3 is 1. The lowest BCUT2D eigenvalue weighted by Crippen LogP contribution is -2.13. The van der Waals surface area contributed by atoms with Gasteiger partial charge < -0.3 is 14.2 Å². The van der Waals surface area contributed by atoms with Gasteiger partial charge in [-0.25, -0.2) is 14.2 Å². The molecule has 0 spiro atoms. The monoisotopic (exact) mass is 381 g/mol. The summed E-state index contributed by atoms with van der Waals surface area (Å²) < 4.78 is 29.8. The van der Waals surface area contributed by atoms with Crippen molar-refractivity contribution in [3.63, 3.8) is 0 Å². The molecule has 0 amide bonds. The molecule has 0 fully saturated rings. The maximum atomic E-state index is 14.0. The number of pyridine rings is 1. The zero-order valence-corrected chi connectivity index (χ0v) is 15.7. The molecule has 1 aromatic carbocycles. The molecule has 0 bridgehead atoms. The lowest BCUT2D eigenvalue weighted by Gasteiger charge is -2.15. The Morgan fingerprint density at radius 1 is 1.27 bits per heavy atom. The molecular formula is C19H21ClFNO4. The molecule has 0 aliphatic carbocycles. The number of nitrogens with zero attached hydrogens (tertiary/aromatic N) is 1. The van der Waals surface area contributed by atoms with Crippen LogP contribution in [0.25, 0.3) is 0 Å². The second kappa shape index (κ2) is 9.38. The van der Waals surface area contributed by atoms with Gasteiger partial charge in [0.1, 0.15) is 18.2 Å². The molecule has 1 aromatic heterocycles. The van der Waals surface area contributed by atoms with Gasteiger partial charge in [0.2, 0.25) is 5.88 Å². The van der Waals surface area contributed by atoms with Gasteiger partial charge in [-0.15, -0.1) is 0 Å². The SMILES string of the molecule is CCC(CC)Oc1ccc(OCc2cc(F)c(C(=O)OC)cc2Cl)nc1. The van der Waals surface area contributed by atoms with Crippen LogP contribution < -0.4 is 9.47 Å². The number of carbonyl (C=O) groups excluding carboxylic acids is 1. The largest absolute Gasteiger partial charge is 0.489 e. The van der Waals surface area contributed by atoms with Crippen molar-refractivity contribution in [2.75, 3.05) is 7.11 Å². The van der Waals surface area contributed by atoms with Crippen LogP contribution in [0.4, 0.5) is 4.39 Å². The van der Waals surface area contributed by atoms with E-state index in [0.29, 0.717) is 17.2 Å². The van der Waals surface area contributed by atoms with Crippen LogP contribution in [-0.4, -0.2) is 24.2 Å². The van der Waals surface area contributed by atoms with Crippen LogP contribution in [0, 0.1) is 5.82 Å². The molecule has 0 radical (unpaired) electrons. The zero-order chi connectivity index (χ0) is 19.1. The fraction of sp³-hybridized carbons (Fsp3) is 0.368. The molecule has 2 rings (SSSR count). The number of rotatable bonds is 8. The maximum absolute atomic E-state index is 14.0. The van der Waals surface area contributed by atoms with Gasteiger partial charge in [-0.05, 0) is 31.0 Å². The van der Waals surface area contributed by atoms with E-state index in [9.17, 15) is 9.18 Å². The molecule has 0 aliphatic rings. The number of hydrogen-bond donors (Lipinski definition) is 0. The first-order chi connectivity index (χ1) is 12.5. The molecule has 0 saturated carbocycles. The van der Waals surface area contributed by atoms with Crippen LogP contribution in [-0.2, 0) is 11.3 Å². The van der Waals surface area contributed by atoms with Gasteiger partial charge in [0, 0.05) is 16.7 Å². The molecule has 7 heteroatoms. The summed E-state index contributed by atoms with van der Waals surface area (Å²) in [7, 11) is 1.18. The van der Waals surface area contributed by atoms with E-state index in [1.54, 1.807) is 18.3 Å². The third-order valence-electron chi connectivity index (χ3n) is 3.84. The van der Waals surface area contributed by atoms with Crippen molar-refractivity contribution in [2.45, 2.75) is 39.4 Å². The number of hydrogen-bond acceptors (Lipinski definition) is 5. The minimum atomic E-state index is -0.786. The first-order valence-electron chi connectivity index (χ1n) is 8.30. The number of ether oxygens (including phenoxy) is 3. The molecule has 0 atom stereocenters. The van der Waals surface area contributed by atoms with E-state index < -0.39 is 11.8 Å². The first kappa shape index (κ1) is 20.0. The molecule has 1 heterocycles. The number of halogens is 2. The predicted octanol–water partition coefficient (Wildman–Crippen LogP) is 4.81. The van der Waals surface area contributed by atoms with Gasteiger partial charge in [-0.2, -0.15) is 0 Å². The van der Waals surface area contributed by atoms with Crippen molar-refractivity contribution in [3.8, 4) is 11.6 Å². The Balaban J connectivity index is 2.02. The van der Waals surface area contributed by atoms with Crippen LogP contribution in [0.2, 0.25) is 5.02 Å². The smallest absolute Gasteiger partial charge is 0.340 e. The lowest BCUT2D eigenvalue weighted by molar-refractivity contribution is 0.0595. The van der Waals surface area contributed by atoms with Crippen molar-refractivity contribution in [1.29, 1.82) is 0 Å². The number of aromatic nitrogens is 1. The van der Waals surface area contributed by atoms with E-state index in [2.05, 4.69) is 23.6 Å². The summed E-state index contributed by atoms with van der Waals surface area (Å²) in [5.41, 5.74) is 0.179. The Labute approximate surface area is 157 Å². The number of esters is 1. The van der Waals surface area contributed by atoms with Crippen molar-refractivity contribution >= 4 is 17.6 Å². The van der Waals surface area contributed by atoms with Gasteiger partial charge in [-0.3, -0.25) is 0 Å². The topological polar surface area (TPSA) is 57.7 Å². The lowest BCUT2D eigenvalue weighted by atomic mass is 10.1. The number of benzene rings is 1. The fourth-order valence-corrected chi connectivity index (χ4v) is 2.50. The second-order valence-electron chi connectivity index (χ2n) is 5.59. The molecule has 0 N–H and O–H groups in total. The van der Waals surface area contributed by atoms with Gasteiger partial charge >= 0.3 is 5.97 Å². The Hall–Kier alpha value is -2.34. The Kier molecular flexibility index (Phi) is 7.21. The predicted molar refractivity (Wildman–Crippen MR) is 96.3 cm³/mol. The van der Waals surface area contributed by atoms with Crippen LogP contribution >= 0.6 is 11.6 Å².